The summed E-state index contributed by atoms with van der Waals surface area (Å²) in [6.07, 6.45) is 0. The first-order chi connectivity index (χ1) is 7.68. The van der Waals surface area contributed by atoms with Crippen molar-refractivity contribution < 1.29 is 9.59 Å². The zero-order valence-electron chi connectivity index (χ0n) is 8.22. The number of ketones is 1. The number of amides is 1. The number of halogens is 1. The van der Waals surface area contributed by atoms with Gasteiger partial charge in [0.15, 0.2) is 5.78 Å². The van der Waals surface area contributed by atoms with Gasteiger partial charge >= 0.3 is 0 Å². The van der Waals surface area contributed by atoms with E-state index in [1.54, 1.807) is 12.1 Å². The van der Waals surface area contributed by atoms with Crippen LogP contribution in [0.25, 0.3) is 0 Å². The van der Waals surface area contributed by atoms with E-state index in [-0.39, 0.29) is 11.7 Å². The number of carbonyl (C=O) groups is 2. The van der Waals surface area contributed by atoms with Gasteiger partial charge in [-0.1, -0.05) is 58.0 Å². The van der Waals surface area contributed by atoms with Crippen molar-refractivity contribution in [1.29, 1.82) is 0 Å². The third-order valence-corrected chi connectivity index (χ3v) is 4.25. The summed E-state index contributed by atoms with van der Waals surface area (Å²) in [6.45, 7) is 0. The van der Waals surface area contributed by atoms with Gasteiger partial charge < -0.3 is 0 Å². The molecule has 1 aromatic carbocycles. The molecule has 0 aromatic heterocycles. The molecule has 1 unspecified atom stereocenters. The maximum Gasteiger partial charge on any atom is 0.256 e. The van der Waals surface area contributed by atoms with Crippen LogP contribution in [0.2, 0.25) is 0 Å². The minimum Gasteiger partial charge on any atom is -0.292 e. The van der Waals surface area contributed by atoms with Gasteiger partial charge in [0.05, 0.1) is 10.8 Å². The van der Waals surface area contributed by atoms with Gasteiger partial charge in [-0.25, -0.2) is 4.99 Å². The number of Topliss-reactive ketones (excluding diaryl/α,β-unsaturated/α-hetero) is 1. The number of hydrogen-bond donors (Lipinski definition) is 0. The van der Waals surface area contributed by atoms with Crippen molar-refractivity contribution in [3.63, 3.8) is 0 Å². The molecule has 1 aromatic rings. The maximum atomic E-state index is 12.0. The molecule has 1 aliphatic heterocycles. The minimum atomic E-state index is -0.508. The van der Waals surface area contributed by atoms with Gasteiger partial charge in [0, 0.05) is 5.56 Å². The zero-order chi connectivity index (χ0) is 11.5. The number of nitrogens with zero attached hydrogens (tertiary/aromatic N) is 1. The fourth-order valence-corrected chi connectivity index (χ4v) is 2.83. The maximum absolute atomic E-state index is 12.0. The molecule has 0 N–H and O–H groups in total. The van der Waals surface area contributed by atoms with Crippen LogP contribution in [-0.2, 0) is 4.79 Å². The summed E-state index contributed by atoms with van der Waals surface area (Å²) in [5, 5.41) is 0.554. The van der Waals surface area contributed by atoms with Crippen LogP contribution in [0.3, 0.4) is 0 Å². The van der Waals surface area contributed by atoms with Gasteiger partial charge in [-0.15, -0.1) is 0 Å². The summed E-state index contributed by atoms with van der Waals surface area (Å²) in [4.78, 5) is 26.3. The number of aliphatic imine (C=N–C) groups is 1. The van der Waals surface area contributed by atoms with E-state index < -0.39 is 4.83 Å². The Labute approximate surface area is 105 Å². The Bertz CT molecular complexity index is 458. The lowest BCUT2D eigenvalue weighted by Crippen LogP contribution is -2.21. The van der Waals surface area contributed by atoms with Crippen LogP contribution in [0.15, 0.2) is 35.3 Å². The van der Waals surface area contributed by atoms with E-state index in [4.69, 9.17) is 0 Å². The van der Waals surface area contributed by atoms with Gasteiger partial charge in [-0.3, -0.25) is 9.59 Å². The van der Waals surface area contributed by atoms with Crippen molar-refractivity contribution in [2.45, 2.75) is 4.83 Å². The number of hydrogen-bond acceptors (Lipinski definition) is 3. The predicted molar refractivity (Wildman–Crippen MR) is 68.4 cm³/mol. The molecule has 1 amide bonds. The number of thioether (sulfide) groups is 1. The highest BCUT2D eigenvalue weighted by Crippen LogP contribution is 2.23. The van der Waals surface area contributed by atoms with Crippen LogP contribution in [0.5, 0.6) is 0 Å². The number of rotatable bonds is 3. The molecule has 0 radical (unpaired) electrons. The first-order valence-electron chi connectivity index (χ1n) is 4.66. The average molecular weight is 298 g/mol. The Morgan fingerprint density at radius 3 is 2.62 bits per heavy atom. The van der Waals surface area contributed by atoms with E-state index in [1.807, 2.05) is 18.2 Å². The summed E-state index contributed by atoms with van der Waals surface area (Å²) < 4.78 is 0. The molecule has 0 bridgehead atoms. The Morgan fingerprint density at radius 1 is 1.38 bits per heavy atom. The molecule has 0 fully saturated rings. The first-order valence-corrected chi connectivity index (χ1v) is 6.56. The number of alkyl halides is 1. The predicted octanol–water partition coefficient (Wildman–Crippen LogP) is 2.30. The molecule has 82 valence electrons. The molecule has 0 aliphatic carbocycles. The standard InChI is InChI=1S/C11H8BrNO2S/c12-9(11-13-8(14)6-16-11)10(15)7-4-2-1-3-5-7/h1-5,9H,6H2. The number of benzene rings is 1. The SMILES string of the molecule is O=C1CSC(C(Br)C(=O)c2ccccc2)=N1. The van der Waals surface area contributed by atoms with E-state index in [1.165, 1.54) is 11.8 Å². The van der Waals surface area contributed by atoms with Crippen LogP contribution >= 0.6 is 27.7 Å². The monoisotopic (exact) mass is 297 g/mol. The molecule has 0 saturated carbocycles. The van der Waals surface area contributed by atoms with E-state index in [2.05, 4.69) is 20.9 Å². The molecule has 1 atom stereocenters. The largest absolute Gasteiger partial charge is 0.292 e. The molecule has 3 nitrogen and oxygen atoms in total. The second-order valence-corrected chi connectivity index (χ2v) is 5.14. The highest BCUT2D eigenvalue weighted by atomic mass is 79.9. The van der Waals surface area contributed by atoms with Crippen LogP contribution < -0.4 is 0 Å². The fraction of sp³-hybridized carbons (Fsp3) is 0.182. The van der Waals surface area contributed by atoms with Crippen molar-refractivity contribution in [3.8, 4) is 0 Å². The van der Waals surface area contributed by atoms with Crippen molar-refractivity contribution >= 4 is 44.4 Å². The summed E-state index contributed by atoms with van der Waals surface area (Å²) in [6, 6.07) is 8.96. The average Bonchev–Trinajstić information content (AvgIpc) is 2.75. The summed E-state index contributed by atoms with van der Waals surface area (Å²) in [5.41, 5.74) is 0.618. The Hall–Kier alpha value is -0.940. The Kier molecular flexibility index (Phi) is 3.56. The van der Waals surface area contributed by atoms with Gasteiger partial charge in [0.25, 0.3) is 5.91 Å². The third-order valence-electron chi connectivity index (χ3n) is 2.08. The van der Waals surface area contributed by atoms with E-state index in [9.17, 15) is 9.59 Å². The molecule has 1 heterocycles. The van der Waals surface area contributed by atoms with Gasteiger partial charge in [-0.05, 0) is 0 Å². The molecule has 5 heteroatoms. The summed E-state index contributed by atoms with van der Waals surface area (Å²) in [7, 11) is 0. The smallest absolute Gasteiger partial charge is 0.256 e. The fourth-order valence-electron chi connectivity index (χ4n) is 1.31. The van der Waals surface area contributed by atoms with E-state index >= 15 is 0 Å². The highest BCUT2D eigenvalue weighted by molar-refractivity contribution is 9.10. The van der Waals surface area contributed by atoms with Crippen LogP contribution in [0.4, 0.5) is 0 Å². The first kappa shape index (κ1) is 11.5. The molecular weight excluding hydrogens is 290 g/mol. The van der Waals surface area contributed by atoms with Crippen molar-refractivity contribution in [3.05, 3.63) is 35.9 Å². The molecule has 0 spiro atoms. The van der Waals surface area contributed by atoms with Crippen LogP contribution in [-0.4, -0.2) is 27.3 Å². The minimum absolute atomic E-state index is 0.0680. The lowest BCUT2D eigenvalue weighted by atomic mass is 10.1. The molecule has 1 aliphatic rings. The highest BCUT2D eigenvalue weighted by Gasteiger charge is 2.27. The van der Waals surface area contributed by atoms with Crippen LogP contribution in [0.1, 0.15) is 10.4 Å². The number of carbonyl (C=O) groups excluding carboxylic acids is 2. The lowest BCUT2D eigenvalue weighted by Gasteiger charge is -2.07. The van der Waals surface area contributed by atoms with E-state index in [0.717, 1.165) is 0 Å². The zero-order valence-corrected chi connectivity index (χ0v) is 10.6. The molecule has 16 heavy (non-hydrogen) atoms. The second-order valence-electron chi connectivity index (χ2n) is 3.23. The quantitative estimate of drug-likeness (QED) is 0.635. The molecule has 2 rings (SSSR count). The normalized spacial score (nSPS) is 17.1. The van der Waals surface area contributed by atoms with Crippen molar-refractivity contribution in [2.75, 3.05) is 5.75 Å². The third kappa shape index (κ3) is 2.41. The molecular formula is C11H8BrNO2S. The van der Waals surface area contributed by atoms with E-state index in [0.29, 0.717) is 16.4 Å². The van der Waals surface area contributed by atoms with Gasteiger partial charge in [0.1, 0.15) is 4.83 Å². The molecule has 0 saturated heterocycles. The Balaban J connectivity index is 2.17. The van der Waals surface area contributed by atoms with Crippen LogP contribution in [0, 0.1) is 0 Å². The topological polar surface area (TPSA) is 46.5 Å². The lowest BCUT2D eigenvalue weighted by molar-refractivity contribution is -0.115. The Morgan fingerprint density at radius 2 is 2.06 bits per heavy atom. The van der Waals surface area contributed by atoms with Crippen molar-refractivity contribution in [1.82, 2.24) is 0 Å². The van der Waals surface area contributed by atoms with Crippen molar-refractivity contribution in [2.24, 2.45) is 4.99 Å². The van der Waals surface area contributed by atoms with Gasteiger partial charge in [0.2, 0.25) is 0 Å². The second kappa shape index (κ2) is 4.93. The van der Waals surface area contributed by atoms with Gasteiger partial charge in [-0.2, -0.15) is 0 Å². The summed E-state index contributed by atoms with van der Waals surface area (Å²) >= 11 is 4.60. The summed E-state index contributed by atoms with van der Waals surface area (Å²) in [5.74, 6) is 0.0892.